The lowest BCUT2D eigenvalue weighted by molar-refractivity contribution is -0.137. The Kier molecular flexibility index (Phi) is 4.57. The van der Waals surface area contributed by atoms with Crippen LogP contribution in [-0.2, 0) is 11.0 Å². The molecule has 0 saturated carbocycles. The van der Waals surface area contributed by atoms with Crippen LogP contribution in [0.4, 0.5) is 18.9 Å². The van der Waals surface area contributed by atoms with Crippen LogP contribution in [0.15, 0.2) is 48.5 Å². The third-order valence-corrected chi connectivity index (χ3v) is 4.00. The molecule has 0 spiro atoms. The first-order valence-electron chi connectivity index (χ1n) is 7.79. The van der Waals surface area contributed by atoms with Gasteiger partial charge < -0.3 is 5.32 Å². The van der Waals surface area contributed by atoms with Crippen molar-refractivity contribution in [1.29, 1.82) is 0 Å². The smallest absolute Gasteiger partial charge is 0.322 e. The van der Waals surface area contributed by atoms with Gasteiger partial charge in [-0.15, -0.1) is 0 Å². The summed E-state index contributed by atoms with van der Waals surface area (Å²) in [6.45, 7) is 0. The van der Waals surface area contributed by atoms with Gasteiger partial charge in [-0.3, -0.25) is 19.3 Å². The maximum atomic E-state index is 12.7. The molecule has 27 heavy (non-hydrogen) atoms. The van der Waals surface area contributed by atoms with E-state index in [1.165, 1.54) is 43.5 Å². The number of alkyl halides is 3. The van der Waals surface area contributed by atoms with E-state index in [1.54, 1.807) is 0 Å². The van der Waals surface area contributed by atoms with Crippen LogP contribution in [0.1, 0.15) is 31.8 Å². The molecule has 0 radical (unpaired) electrons. The Morgan fingerprint density at radius 3 is 2.44 bits per heavy atom. The number of hydrogen-bond acceptors (Lipinski definition) is 3. The van der Waals surface area contributed by atoms with Crippen LogP contribution in [0.3, 0.4) is 0 Å². The lowest BCUT2D eigenvalue weighted by atomic mass is 10.1. The van der Waals surface area contributed by atoms with E-state index in [2.05, 4.69) is 5.32 Å². The Hall–Kier alpha value is -3.42. The predicted octanol–water partition coefficient (Wildman–Crippen LogP) is 3.58. The molecule has 2 aromatic carbocycles. The van der Waals surface area contributed by atoms with E-state index < -0.39 is 29.5 Å². The van der Waals surface area contributed by atoms with Gasteiger partial charge in [-0.05, 0) is 42.0 Å². The Morgan fingerprint density at radius 2 is 1.74 bits per heavy atom. The number of benzene rings is 2. The normalized spacial score (nSPS) is 14.0. The summed E-state index contributed by atoms with van der Waals surface area (Å²) in [5.41, 5.74) is 0.137. The number of carbonyl (C=O) groups excluding carboxylic acids is 3. The highest BCUT2D eigenvalue weighted by atomic mass is 19.4. The lowest BCUT2D eigenvalue weighted by Crippen LogP contribution is -2.24. The summed E-state index contributed by atoms with van der Waals surface area (Å²) >= 11 is 0. The van der Waals surface area contributed by atoms with E-state index in [0.717, 1.165) is 23.1 Å². The number of imide groups is 1. The van der Waals surface area contributed by atoms with Crippen molar-refractivity contribution >= 4 is 29.5 Å². The molecule has 1 aliphatic rings. The third kappa shape index (κ3) is 3.74. The van der Waals surface area contributed by atoms with Gasteiger partial charge in [-0.25, -0.2) is 0 Å². The van der Waals surface area contributed by atoms with Crippen LogP contribution in [0.5, 0.6) is 0 Å². The zero-order valence-electron chi connectivity index (χ0n) is 14.0. The number of rotatable bonds is 3. The minimum Gasteiger partial charge on any atom is -0.322 e. The second-order valence-corrected chi connectivity index (χ2v) is 5.88. The van der Waals surface area contributed by atoms with E-state index in [9.17, 15) is 27.6 Å². The Labute approximate surface area is 152 Å². The van der Waals surface area contributed by atoms with Gasteiger partial charge in [-0.1, -0.05) is 12.1 Å². The molecule has 138 valence electrons. The summed E-state index contributed by atoms with van der Waals surface area (Å²) in [5.74, 6) is -1.47. The first kappa shape index (κ1) is 18.4. The molecule has 5 nitrogen and oxygen atoms in total. The number of amides is 3. The highest BCUT2D eigenvalue weighted by Crippen LogP contribution is 2.29. The van der Waals surface area contributed by atoms with E-state index in [1.807, 2.05) is 0 Å². The van der Waals surface area contributed by atoms with Crippen LogP contribution in [-0.4, -0.2) is 29.7 Å². The van der Waals surface area contributed by atoms with Crippen molar-refractivity contribution in [3.05, 3.63) is 70.8 Å². The molecular formula is C19H13F3N2O3. The fourth-order valence-electron chi connectivity index (χ4n) is 2.61. The van der Waals surface area contributed by atoms with E-state index in [0.29, 0.717) is 5.69 Å². The highest BCUT2D eigenvalue weighted by Gasteiger charge is 2.32. The average Bonchev–Trinajstić information content (AvgIpc) is 2.84. The van der Waals surface area contributed by atoms with Gasteiger partial charge in [0.15, 0.2) is 0 Å². The molecule has 0 bridgehead atoms. The van der Waals surface area contributed by atoms with Crippen molar-refractivity contribution < 1.29 is 27.6 Å². The number of halogens is 3. The molecule has 1 N–H and O–H groups in total. The molecule has 0 saturated heterocycles. The molecule has 2 aromatic rings. The number of fused-ring (bicyclic) bond motifs is 1. The summed E-state index contributed by atoms with van der Waals surface area (Å²) in [6.07, 6.45) is -2.13. The molecule has 0 unspecified atom stereocenters. The zero-order valence-corrected chi connectivity index (χ0v) is 14.0. The third-order valence-electron chi connectivity index (χ3n) is 4.00. The summed E-state index contributed by atoms with van der Waals surface area (Å²) in [5, 5.41) is 2.51. The van der Waals surface area contributed by atoms with Gasteiger partial charge in [0, 0.05) is 18.8 Å². The second kappa shape index (κ2) is 6.71. The molecule has 0 aromatic heterocycles. The predicted molar refractivity (Wildman–Crippen MR) is 92.0 cm³/mol. The quantitative estimate of drug-likeness (QED) is 0.660. The molecule has 1 aliphatic heterocycles. The molecule has 1 heterocycles. The molecule has 0 aliphatic carbocycles. The van der Waals surface area contributed by atoms with Crippen molar-refractivity contribution in [2.24, 2.45) is 0 Å². The van der Waals surface area contributed by atoms with Gasteiger partial charge in [0.1, 0.15) is 0 Å². The fourth-order valence-corrected chi connectivity index (χ4v) is 2.61. The van der Waals surface area contributed by atoms with E-state index in [-0.39, 0.29) is 16.7 Å². The summed E-state index contributed by atoms with van der Waals surface area (Å²) in [4.78, 5) is 36.8. The van der Waals surface area contributed by atoms with Crippen LogP contribution >= 0.6 is 0 Å². The van der Waals surface area contributed by atoms with Gasteiger partial charge in [0.05, 0.1) is 16.7 Å². The van der Waals surface area contributed by atoms with Crippen molar-refractivity contribution in [3.63, 3.8) is 0 Å². The van der Waals surface area contributed by atoms with Crippen molar-refractivity contribution in [3.8, 4) is 0 Å². The Balaban J connectivity index is 1.73. The largest absolute Gasteiger partial charge is 0.416 e. The van der Waals surface area contributed by atoms with Gasteiger partial charge in [-0.2, -0.15) is 13.2 Å². The topological polar surface area (TPSA) is 66.5 Å². The molecule has 0 fully saturated rings. The van der Waals surface area contributed by atoms with Crippen LogP contribution in [0.25, 0.3) is 6.08 Å². The number of nitrogens with zero attached hydrogens (tertiary/aromatic N) is 1. The fraction of sp³-hybridized carbons (Fsp3) is 0.105. The monoisotopic (exact) mass is 374 g/mol. The Morgan fingerprint density at radius 1 is 1.04 bits per heavy atom. The maximum absolute atomic E-state index is 12.7. The molecule has 0 atom stereocenters. The maximum Gasteiger partial charge on any atom is 0.416 e. The van der Waals surface area contributed by atoms with Gasteiger partial charge in [0.2, 0.25) is 5.91 Å². The SMILES string of the molecule is CN1C(=O)c2ccc(NC(=O)/C=C/c3cccc(C(F)(F)F)c3)cc2C1=O. The van der Waals surface area contributed by atoms with Crippen LogP contribution in [0.2, 0.25) is 0 Å². The van der Waals surface area contributed by atoms with E-state index in [4.69, 9.17) is 0 Å². The summed E-state index contributed by atoms with van der Waals surface area (Å²) < 4.78 is 38.1. The van der Waals surface area contributed by atoms with Crippen molar-refractivity contribution in [1.82, 2.24) is 4.90 Å². The minimum atomic E-state index is -4.46. The van der Waals surface area contributed by atoms with Crippen molar-refractivity contribution in [2.45, 2.75) is 6.18 Å². The lowest BCUT2D eigenvalue weighted by Gasteiger charge is -2.06. The molecule has 8 heteroatoms. The number of nitrogens with one attached hydrogen (secondary N) is 1. The zero-order chi connectivity index (χ0) is 19.8. The average molecular weight is 374 g/mol. The number of anilines is 1. The second-order valence-electron chi connectivity index (χ2n) is 5.88. The summed E-state index contributed by atoms with van der Waals surface area (Å²) in [6, 6.07) is 8.85. The molecule has 3 amide bonds. The highest BCUT2D eigenvalue weighted by molar-refractivity contribution is 6.21. The first-order valence-corrected chi connectivity index (χ1v) is 7.79. The minimum absolute atomic E-state index is 0.183. The molecular weight excluding hydrogens is 361 g/mol. The Bertz CT molecular complexity index is 980. The molecule has 3 rings (SSSR count). The van der Waals surface area contributed by atoms with Crippen LogP contribution in [0, 0.1) is 0 Å². The van der Waals surface area contributed by atoms with E-state index >= 15 is 0 Å². The standard InChI is InChI=1S/C19H13F3N2O3/c1-24-17(26)14-7-6-13(10-15(14)18(24)27)23-16(25)8-5-11-3-2-4-12(9-11)19(20,21)22/h2-10H,1H3,(H,23,25)/b8-5+. The van der Waals surface area contributed by atoms with Gasteiger partial charge >= 0.3 is 6.18 Å². The first-order chi connectivity index (χ1) is 12.7. The summed E-state index contributed by atoms with van der Waals surface area (Å²) in [7, 11) is 1.36. The number of carbonyl (C=O) groups is 3. The van der Waals surface area contributed by atoms with Crippen molar-refractivity contribution in [2.75, 3.05) is 12.4 Å². The number of hydrogen-bond donors (Lipinski definition) is 1. The van der Waals surface area contributed by atoms with Crippen LogP contribution < -0.4 is 5.32 Å². The van der Waals surface area contributed by atoms with Gasteiger partial charge in [0.25, 0.3) is 11.8 Å².